The van der Waals surface area contributed by atoms with Crippen molar-refractivity contribution < 1.29 is 28.3 Å². The van der Waals surface area contributed by atoms with Crippen LogP contribution in [0.3, 0.4) is 0 Å². The highest BCUT2D eigenvalue weighted by Gasteiger charge is 2.35. The van der Waals surface area contributed by atoms with Gasteiger partial charge in [0, 0.05) is 27.7 Å². The molecular weight excluding hydrogens is 654 g/mol. The molecule has 1 atom stereocenters. The quantitative estimate of drug-likeness (QED) is 0.129. The van der Waals surface area contributed by atoms with E-state index in [1.54, 1.807) is 63.2 Å². The van der Waals surface area contributed by atoms with Crippen LogP contribution in [-0.4, -0.2) is 35.8 Å². The summed E-state index contributed by atoms with van der Waals surface area (Å²) in [7, 11) is 1.51. The second-order valence-electron chi connectivity index (χ2n) is 9.72. The number of carbonyl (C=O) groups is 1. The van der Waals surface area contributed by atoms with Gasteiger partial charge < -0.3 is 18.6 Å². The van der Waals surface area contributed by atoms with Crippen LogP contribution in [0.25, 0.3) is 17.4 Å². The molecule has 3 heterocycles. The molecule has 0 fully saturated rings. The van der Waals surface area contributed by atoms with Gasteiger partial charge in [-0.1, -0.05) is 39.4 Å². The number of hydrogen-bond acceptors (Lipinski definition) is 10. The van der Waals surface area contributed by atoms with Gasteiger partial charge in [0.15, 0.2) is 16.3 Å². The maximum atomic E-state index is 14.0. The first kappa shape index (κ1) is 31.0. The van der Waals surface area contributed by atoms with Crippen LogP contribution in [0.4, 0.5) is 5.69 Å². The summed E-state index contributed by atoms with van der Waals surface area (Å²) < 4.78 is 25.0. The second-order valence-corrected chi connectivity index (χ2v) is 11.6. The second kappa shape index (κ2) is 12.6. The smallest absolute Gasteiger partial charge is 0.338 e. The molecule has 0 N–H and O–H groups in total. The zero-order valence-electron chi connectivity index (χ0n) is 24.5. The molecule has 2 aromatic heterocycles. The first-order valence-electron chi connectivity index (χ1n) is 13.6. The van der Waals surface area contributed by atoms with E-state index >= 15 is 0 Å². The number of thiazole rings is 1. The number of ether oxygens (including phenoxy) is 3. The number of esters is 1. The zero-order chi connectivity index (χ0) is 31.7. The van der Waals surface area contributed by atoms with E-state index in [1.807, 2.05) is 6.92 Å². The Morgan fingerprint density at radius 3 is 2.61 bits per heavy atom. The Hall–Kier alpha value is -4.49. The molecule has 0 bridgehead atoms. The maximum Gasteiger partial charge on any atom is 0.338 e. The molecule has 1 aliphatic rings. The number of halogens is 1. The lowest BCUT2D eigenvalue weighted by Gasteiger charge is -2.26. The van der Waals surface area contributed by atoms with Crippen molar-refractivity contribution in [3.63, 3.8) is 0 Å². The number of aromatic nitrogens is 1. The molecule has 228 valence electrons. The number of aryl methyl sites for hydroxylation is 1. The van der Waals surface area contributed by atoms with Crippen LogP contribution in [0.1, 0.15) is 43.7 Å². The van der Waals surface area contributed by atoms with Gasteiger partial charge in [-0.25, -0.2) is 9.79 Å². The van der Waals surface area contributed by atoms with Gasteiger partial charge in [-0.2, -0.15) is 0 Å². The van der Waals surface area contributed by atoms with E-state index in [-0.39, 0.29) is 17.9 Å². The van der Waals surface area contributed by atoms with E-state index in [9.17, 15) is 19.7 Å². The maximum absolute atomic E-state index is 14.0. The summed E-state index contributed by atoms with van der Waals surface area (Å²) in [5.41, 5.74) is 1.89. The number of fused-ring (bicyclic) bond motifs is 1. The fourth-order valence-electron chi connectivity index (χ4n) is 4.95. The molecule has 0 spiro atoms. The number of nitro benzene ring substituents is 1. The third-order valence-corrected chi connectivity index (χ3v) is 8.65. The first-order valence-corrected chi connectivity index (χ1v) is 15.2. The van der Waals surface area contributed by atoms with Crippen molar-refractivity contribution >= 4 is 45.0 Å². The molecule has 2 aromatic carbocycles. The number of allylic oxidation sites excluding steroid dienone is 1. The van der Waals surface area contributed by atoms with Crippen LogP contribution in [-0.2, 0) is 9.53 Å². The Kier molecular flexibility index (Phi) is 8.88. The van der Waals surface area contributed by atoms with Crippen LogP contribution in [0.2, 0.25) is 0 Å². The van der Waals surface area contributed by atoms with Gasteiger partial charge in [0.2, 0.25) is 0 Å². The predicted octanol–water partition coefficient (Wildman–Crippen LogP) is 5.44. The summed E-state index contributed by atoms with van der Waals surface area (Å²) in [6.07, 6.45) is 1.59. The van der Waals surface area contributed by atoms with Crippen LogP contribution < -0.4 is 24.4 Å². The summed E-state index contributed by atoms with van der Waals surface area (Å²) in [6, 6.07) is 10.8. The van der Waals surface area contributed by atoms with Crippen molar-refractivity contribution in [2.45, 2.75) is 33.7 Å². The lowest BCUT2D eigenvalue weighted by molar-refractivity contribution is -0.385. The molecule has 4 aromatic rings. The van der Waals surface area contributed by atoms with E-state index in [4.69, 9.17) is 18.6 Å². The van der Waals surface area contributed by atoms with Crippen LogP contribution in [0, 0.1) is 17.0 Å². The highest BCUT2D eigenvalue weighted by Crippen LogP contribution is 2.41. The Morgan fingerprint density at radius 2 is 1.93 bits per heavy atom. The zero-order valence-corrected chi connectivity index (χ0v) is 26.9. The van der Waals surface area contributed by atoms with Gasteiger partial charge in [-0.15, -0.1) is 0 Å². The number of methoxy groups -OCH3 is 1. The average molecular weight is 683 g/mol. The predicted molar refractivity (Wildman–Crippen MR) is 168 cm³/mol. The highest BCUT2D eigenvalue weighted by molar-refractivity contribution is 9.10. The molecule has 0 aliphatic carbocycles. The third-order valence-electron chi connectivity index (χ3n) is 6.98. The van der Waals surface area contributed by atoms with Crippen LogP contribution in [0.5, 0.6) is 11.5 Å². The normalized spacial score (nSPS) is 14.7. The molecule has 5 rings (SSSR count). The minimum atomic E-state index is -0.883. The summed E-state index contributed by atoms with van der Waals surface area (Å²) in [4.78, 5) is 43.3. The molecule has 0 saturated heterocycles. The number of hydrogen-bond donors (Lipinski definition) is 0. The van der Waals surface area contributed by atoms with E-state index in [1.165, 1.54) is 17.7 Å². The number of nitrogens with zero attached hydrogens (tertiary/aromatic N) is 3. The van der Waals surface area contributed by atoms with Gasteiger partial charge >= 0.3 is 5.97 Å². The van der Waals surface area contributed by atoms with Gasteiger partial charge in [0.1, 0.15) is 11.5 Å². The van der Waals surface area contributed by atoms with E-state index in [0.29, 0.717) is 65.8 Å². The fourth-order valence-corrected chi connectivity index (χ4v) is 6.51. The fraction of sp³-hybridized carbons (Fsp3) is 0.258. The largest absolute Gasteiger partial charge is 0.493 e. The number of benzene rings is 2. The molecule has 1 aliphatic heterocycles. The van der Waals surface area contributed by atoms with Crippen molar-refractivity contribution in [2.24, 2.45) is 4.99 Å². The molecule has 13 heteroatoms. The molecule has 0 unspecified atom stereocenters. The number of carbonyl (C=O) groups excluding carboxylic acids is 1. The highest BCUT2D eigenvalue weighted by atomic mass is 79.9. The molecule has 11 nitrogen and oxygen atoms in total. The van der Waals surface area contributed by atoms with Crippen molar-refractivity contribution in [1.29, 1.82) is 0 Å². The van der Waals surface area contributed by atoms with Crippen molar-refractivity contribution in [3.05, 3.63) is 105 Å². The summed E-state index contributed by atoms with van der Waals surface area (Å²) in [5, 5.41) is 11.4. The monoisotopic (exact) mass is 681 g/mol. The number of rotatable bonds is 9. The molecule has 0 radical (unpaired) electrons. The first-order chi connectivity index (χ1) is 21.1. The minimum Gasteiger partial charge on any atom is -0.493 e. The van der Waals surface area contributed by atoms with Gasteiger partial charge in [0.25, 0.3) is 11.2 Å². The summed E-state index contributed by atoms with van der Waals surface area (Å²) >= 11 is 4.76. The topological polar surface area (TPSA) is 135 Å². The van der Waals surface area contributed by atoms with Crippen molar-refractivity contribution in [2.75, 3.05) is 20.3 Å². The molecule has 0 amide bonds. The molecule has 44 heavy (non-hydrogen) atoms. The summed E-state index contributed by atoms with van der Waals surface area (Å²) in [5.74, 6) is 1.13. The van der Waals surface area contributed by atoms with Crippen LogP contribution in [0.15, 0.2) is 72.4 Å². The van der Waals surface area contributed by atoms with E-state index in [0.717, 1.165) is 11.3 Å². The number of nitro groups is 1. The Morgan fingerprint density at radius 1 is 1.16 bits per heavy atom. The minimum absolute atomic E-state index is 0.0152. The van der Waals surface area contributed by atoms with Crippen LogP contribution >= 0.6 is 27.3 Å². The SMILES string of the molecule is CCOC(=O)C1=C(C)N=c2s/c(=C/c3ccc(-c4ccc(C)c([N+](=O)[O-])c4)o3)c(=O)n2[C@H]1c1cc(OC)c(OCC)cc1Br. The lowest BCUT2D eigenvalue weighted by atomic mass is 9.95. The average Bonchev–Trinajstić information content (AvgIpc) is 3.57. The molecule has 0 saturated carbocycles. The van der Waals surface area contributed by atoms with Gasteiger partial charge in [-0.05, 0) is 57.5 Å². The Labute approximate surface area is 264 Å². The lowest BCUT2D eigenvalue weighted by Crippen LogP contribution is -2.40. The third kappa shape index (κ3) is 5.72. The van der Waals surface area contributed by atoms with Gasteiger partial charge in [0.05, 0.1) is 47.1 Å². The van der Waals surface area contributed by atoms with Gasteiger partial charge in [-0.3, -0.25) is 19.5 Å². The Bertz CT molecular complexity index is 2010. The number of furan rings is 1. The standard InChI is InChI=1S/C31H28BrN3O8S/c1-6-41-25-15-21(32)20(14-24(25)40-5)28-27(30(37)42-7-2)17(4)33-31-34(28)29(36)26(44-31)13-19-10-11-23(43-19)18-9-8-16(3)22(12-18)35(38)39/h8-15,28H,6-7H2,1-5H3/b26-13+/t28-/m0/s1. The van der Waals surface area contributed by atoms with Crippen molar-refractivity contribution in [3.8, 4) is 22.8 Å². The Balaban J connectivity index is 1.66. The van der Waals surface area contributed by atoms with E-state index in [2.05, 4.69) is 20.9 Å². The van der Waals surface area contributed by atoms with E-state index < -0.39 is 22.5 Å². The molecular formula is C31H28BrN3O8S. The summed E-state index contributed by atoms with van der Waals surface area (Å²) in [6.45, 7) is 7.50. The van der Waals surface area contributed by atoms with Crippen molar-refractivity contribution in [1.82, 2.24) is 4.57 Å².